The number of carbonyl (C=O) groups excluding carboxylic acids is 3. The van der Waals surface area contributed by atoms with Crippen LogP contribution in [0.5, 0.6) is 0 Å². The first-order valence-corrected chi connectivity index (χ1v) is 8.77. The Hall–Kier alpha value is -2.89. The zero-order valence-corrected chi connectivity index (χ0v) is 15.0. The molecule has 7 nitrogen and oxygen atoms in total. The van der Waals surface area contributed by atoms with Crippen LogP contribution in [-0.4, -0.2) is 30.9 Å². The van der Waals surface area contributed by atoms with Crippen molar-refractivity contribution in [2.45, 2.75) is 6.42 Å². The Bertz CT molecular complexity index is 846. The molecule has 134 valence electrons. The molecule has 2 amide bonds. The summed E-state index contributed by atoms with van der Waals surface area (Å²) < 4.78 is 4.84. The molecular weight excluding hydrogens is 378 g/mol. The highest BCUT2D eigenvalue weighted by Crippen LogP contribution is 2.20. The fourth-order valence-corrected chi connectivity index (χ4v) is 2.73. The smallest absolute Gasteiger partial charge is 0.308 e. The number of benzene rings is 1. The third-order valence-corrected chi connectivity index (χ3v) is 4.13. The van der Waals surface area contributed by atoms with Crippen molar-refractivity contribution >= 4 is 46.4 Å². The number of thiophene rings is 1. The van der Waals surface area contributed by atoms with Crippen molar-refractivity contribution in [1.29, 1.82) is 5.26 Å². The van der Waals surface area contributed by atoms with Gasteiger partial charge in [0.1, 0.15) is 6.07 Å². The molecule has 0 aliphatic carbocycles. The first-order chi connectivity index (χ1) is 12.5. The van der Waals surface area contributed by atoms with Crippen LogP contribution in [-0.2, 0) is 14.3 Å². The Kier molecular flexibility index (Phi) is 7.14. The van der Waals surface area contributed by atoms with Crippen LogP contribution in [0.2, 0.25) is 5.02 Å². The van der Waals surface area contributed by atoms with E-state index in [9.17, 15) is 14.4 Å². The molecule has 0 aliphatic heterocycles. The number of rotatable bonds is 7. The number of esters is 1. The molecule has 0 atom stereocenters. The van der Waals surface area contributed by atoms with Crippen LogP contribution in [0.3, 0.4) is 0 Å². The lowest BCUT2D eigenvalue weighted by atomic mass is 10.2. The Morgan fingerprint density at radius 3 is 2.73 bits per heavy atom. The van der Waals surface area contributed by atoms with Gasteiger partial charge in [-0.1, -0.05) is 11.6 Å². The second-order valence-electron chi connectivity index (χ2n) is 5.03. The van der Waals surface area contributed by atoms with Gasteiger partial charge in [-0.25, -0.2) is 0 Å². The van der Waals surface area contributed by atoms with E-state index in [0.717, 1.165) is 0 Å². The van der Waals surface area contributed by atoms with E-state index in [0.29, 0.717) is 16.8 Å². The van der Waals surface area contributed by atoms with Gasteiger partial charge in [0, 0.05) is 23.2 Å². The highest BCUT2D eigenvalue weighted by Gasteiger charge is 2.10. The molecule has 0 aliphatic rings. The van der Waals surface area contributed by atoms with Crippen molar-refractivity contribution in [3.05, 3.63) is 51.2 Å². The monoisotopic (exact) mass is 391 g/mol. The van der Waals surface area contributed by atoms with Gasteiger partial charge in [0.25, 0.3) is 11.8 Å². The number of carbonyl (C=O) groups is 3. The minimum absolute atomic E-state index is 0.0498. The number of halogens is 1. The molecule has 0 saturated heterocycles. The summed E-state index contributed by atoms with van der Waals surface area (Å²) in [5, 5.41) is 17.6. The molecule has 0 unspecified atom stereocenters. The van der Waals surface area contributed by atoms with Crippen molar-refractivity contribution < 1.29 is 19.1 Å². The van der Waals surface area contributed by atoms with Gasteiger partial charge in [-0.05, 0) is 29.6 Å². The maximum Gasteiger partial charge on any atom is 0.308 e. The van der Waals surface area contributed by atoms with E-state index in [2.05, 4.69) is 10.6 Å². The van der Waals surface area contributed by atoms with Crippen LogP contribution >= 0.6 is 22.9 Å². The third-order valence-electron chi connectivity index (χ3n) is 3.14. The van der Waals surface area contributed by atoms with Crippen molar-refractivity contribution in [3.8, 4) is 6.07 Å². The molecule has 0 spiro atoms. The summed E-state index contributed by atoms with van der Waals surface area (Å²) in [7, 11) is 0. The normalized spacial score (nSPS) is 9.85. The van der Waals surface area contributed by atoms with Gasteiger partial charge in [0.2, 0.25) is 0 Å². The molecule has 0 bridgehead atoms. The van der Waals surface area contributed by atoms with Gasteiger partial charge in [0.05, 0.1) is 17.0 Å². The van der Waals surface area contributed by atoms with Crippen LogP contribution < -0.4 is 10.6 Å². The number of nitrogens with one attached hydrogen (secondary N) is 2. The number of nitrogens with zero attached hydrogens (tertiary/aromatic N) is 1. The molecule has 1 aromatic heterocycles. The molecular formula is C17H14ClN3O4S. The average molecular weight is 392 g/mol. The van der Waals surface area contributed by atoms with Gasteiger partial charge in [0.15, 0.2) is 6.61 Å². The Morgan fingerprint density at radius 1 is 1.27 bits per heavy atom. The summed E-state index contributed by atoms with van der Waals surface area (Å²) in [5.41, 5.74) is 1.21. The van der Waals surface area contributed by atoms with E-state index in [1.54, 1.807) is 16.8 Å². The van der Waals surface area contributed by atoms with Crippen molar-refractivity contribution in [2.75, 3.05) is 18.5 Å². The van der Waals surface area contributed by atoms with E-state index in [-0.39, 0.29) is 23.9 Å². The molecule has 1 heterocycles. The molecule has 2 rings (SSSR count). The highest BCUT2D eigenvalue weighted by molar-refractivity contribution is 7.08. The summed E-state index contributed by atoms with van der Waals surface area (Å²) in [4.78, 5) is 35.0. The predicted octanol–water partition coefficient (Wildman–Crippen LogP) is 2.57. The lowest BCUT2D eigenvalue weighted by Crippen LogP contribution is -2.27. The summed E-state index contributed by atoms with van der Waals surface area (Å²) in [6.45, 7) is -0.352. The zero-order valence-electron chi connectivity index (χ0n) is 13.5. The largest absolute Gasteiger partial charge is 0.456 e. The summed E-state index contributed by atoms with van der Waals surface area (Å²) in [5.74, 6) is -1.42. The molecule has 0 saturated carbocycles. The fraction of sp³-hybridized carbons (Fsp3) is 0.176. The Labute approximate surface area is 158 Å². The maximum atomic E-state index is 11.8. The first-order valence-electron chi connectivity index (χ1n) is 7.45. The fourth-order valence-electron chi connectivity index (χ4n) is 1.87. The number of hydrogen-bond donors (Lipinski definition) is 2. The number of ether oxygens (including phenoxy) is 1. The lowest BCUT2D eigenvalue weighted by Gasteiger charge is -2.08. The Balaban J connectivity index is 1.68. The standard InChI is InChI=1S/C17H14ClN3O4S/c18-14-7-13(2-1-11(14)8-19)21-15(22)9-25-16(23)3-5-20-17(24)12-4-6-26-10-12/h1-2,4,6-7,10H,3,5,9H2,(H,20,24)(H,21,22). The zero-order chi connectivity index (χ0) is 18.9. The van der Waals surface area contributed by atoms with Crippen LogP contribution in [0, 0.1) is 11.3 Å². The molecule has 0 fully saturated rings. The van der Waals surface area contributed by atoms with Gasteiger partial charge in [-0.3, -0.25) is 14.4 Å². The van der Waals surface area contributed by atoms with E-state index >= 15 is 0 Å². The lowest BCUT2D eigenvalue weighted by molar-refractivity contribution is -0.147. The van der Waals surface area contributed by atoms with Crippen LogP contribution in [0.1, 0.15) is 22.3 Å². The van der Waals surface area contributed by atoms with E-state index in [4.69, 9.17) is 21.6 Å². The van der Waals surface area contributed by atoms with Crippen LogP contribution in [0.15, 0.2) is 35.0 Å². The SMILES string of the molecule is N#Cc1ccc(NC(=O)COC(=O)CCNC(=O)c2ccsc2)cc1Cl. The Morgan fingerprint density at radius 2 is 2.08 bits per heavy atom. The predicted molar refractivity (Wildman–Crippen MR) is 97.0 cm³/mol. The minimum atomic E-state index is -0.608. The van der Waals surface area contributed by atoms with Gasteiger partial charge >= 0.3 is 5.97 Å². The number of hydrogen-bond acceptors (Lipinski definition) is 6. The summed E-state index contributed by atoms with van der Waals surface area (Å²) in [6.07, 6.45) is -0.0498. The molecule has 26 heavy (non-hydrogen) atoms. The number of nitriles is 1. The minimum Gasteiger partial charge on any atom is -0.456 e. The number of amides is 2. The first kappa shape index (κ1) is 19.4. The van der Waals surface area contributed by atoms with Crippen molar-refractivity contribution in [2.24, 2.45) is 0 Å². The number of anilines is 1. The van der Waals surface area contributed by atoms with E-state index in [1.807, 2.05) is 6.07 Å². The molecule has 0 radical (unpaired) electrons. The molecule has 2 aromatic rings. The van der Waals surface area contributed by atoms with Crippen molar-refractivity contribution in [1.82, 2.24) is 5.32 Å². The van der Waals surface area contributed by atoms with Gasteiger partial charge < -0.3 is 15.4 Å². The average Bonchev–Trinajstić information content (AvgIpc) is 3.15. The van der Waals surface area contributed by atoms with E-state index < -0.39 is 18.5 Å². The maximum absolute atomic E-state index is 11.8. The van der Waals surface area contributed by atoms with Crippen LogP contribution in [0.4, 0.5) is 5.69 Å². The van der Waals surface area contributed by atoms with E-state index in [1.165, 1.54) is 29.5 Å². The van der Waals surface area contributed by atoms with Crippen LogP contribution in [0.25, 0.3) is 0 Å². The molecule has 2 N–H and O–H groups in total. The summed E-state index contributed by atoms with van der Waals surface area (Å²) >= 11 is 7.27. The summed E-state index contributed by atoms with van der Waals surface area (Å²) in [6, 6.07) is 8.01. The molecule has 9 heteroatoms. The molecule has 1 aromatic carbocycles. The quantitative estimate of drug-likeness (QED) is 0.705. The van der Waals surface area contributed by atoms with Gasteiger partial charge in [-0.15, -0.1) is 0 Å². The third kappa shape index (κ3) is 5.88. The second-order valence-corrected chi connectivity index (χ2v) is 6.22. The van der Waals surface area contributed by atoms with Crippen molar-refractivity contribution in [3.63, 3.8) is 0 Å². The van der Waals surface area contributed by atoms with Gasteiger partial charge in [-0.2, -0.15) is 16.6 Å². The topological polar surface area (TPSA) is 108 Å². The highest BCUT2D eigenvalue weighted by atomic mass is 35.5. The second kappa shape index (κ2) is 9.56.